The minimum Gasteiger partial charge on any atom is -0.0622 e. The lowest BCUT2D eigenvalue weighted by Gasteiger charge is -2.20. The van der Waals surface area contributed by atoms with Crippen LogP contribution in [0.25, 0.3) is 76.8 Å². The second-order valence-electron chi connectivity index (χ2n) is 10.9. The van der Waals surface area contributed by atoms with Crippen molar-refractivity contribution < 1.29 is 0 Å². The van der Waals surface area contributed by atoms with Gasteiger partial charge in [0.25, 0.3) is 0 Å². The maximum Gasteiger partial charge on any atom is -0.00199 e. The molecule has 8 aromatic carbocycles. The van der Waals surface area contributed by atoms with Crippen molar-refractivity contribution in [3.63, 3.8) is 0 Å². The summed E-state index contributed by atoms with van der Waals surface area (Å²) in [7, 11) is 0. The third-order valence-electron chi connectivity index (χ3n) is 8.47. The van der Waals surface area contributed by atoms with Crippen LogP contribution in [0.2, 0.25) is 0 Å². The molecule has 8 aromatic rings. The number of rotatable bonds is 4. The summed E-state index contributed by atoms with van der Waals surface area (Å²) < 4.78 is 0. The fourth-order valence-electron chi connectivity index (χ4n) is 6.60. The Morgan fingerprint density at radius 1 is 0.238 bits per heavy atom. The van der Waals surface area contributed by atoms with Gasteiger partial charge in [0.2, 0.25) is 0 Å². The van der Waals surface area contributed by atoms with Crippen LogP contribution in [0.1, 0.15) is 0 Å². The quantitative estimate of drug-likeness (QED) is 0.198. The van der Waals surface area contributed by atoms with E-state index in [1.165, 1.54) is 76.8 Å². The summed E-state index contributed by atoms with van der Waals surface area (Å²) in [5, 5.41) is 7.60. The third-order valence-corrected chi connectivity index (χ3v) is 8.47. The van der Waals surface area contributed by atoms with E-state index in [4.69, 9.17) is 0 Å². The molecule has 0 saturated heterocycles. The van der Waals surface area contributed by atoms with Gasteiger partial charge in [0.1, 0.15) is 0 Å². The molecule has 0 heterocycles. The Morgan fingerprint density at radius 3 is 1.52 bits per heavy atom. The lowest BCUT2D eigenvalue weighted by atomic mass is 9.83. The summed E-state index contributed by atoms with van der Waals surface area (Å²) in [4.78, 5) is 0. The van der Waals surface area contributed by atoms with E-state index in [0.717, 1.165) is 0 Å². The van der Waals surface area contributed by atoms with Crippen LogP contribution in [-0.4, -0.2) is 0 Å². The minimum atomic E-state index is 1.22. The maximum atomic E-state index is 2.42. The monoisotopic (exact) mass is 532 g/mol. The first-order valence-electron chi connectivity index (χ1n) is 14.5. The Balaban J connectivity index is 1.53. The Hall–Kier alpha value is -5.46. The van der Waals surface area contributed by atoms with Crippen LogP contribution >= 0.6 is 0 Å². The highest BCUT2D eigenvalue weighted by atomic mass is 14.2. The number of benzene rings is 8. The fraction of sp³-hybridized carbons (Fsp3) is 0. The van der Waals surface area contributed by atoms with Crippen molar-refractivity contribution >= 4 is 32.3 Å². The van der Waals surface area contributed by atoms with Crippen LogP contribution in [0.5, 0.6) is 0 Å². The average Bonchev–Trinajstić information content (AvgIpc) is 3.07. The summed E-state index contributed by atoms with van der Waals surface area (Å²) >= 11 is 0. The summed E-state index contributed by atoms with van der Waals surface area (Å²) in [6, 6.07) is 61.7. The lowest BCUT2D eigenvalue weighted by molar-refractivity contribution is 1.60. The third kappa shape index (κ3) is 4.00. The van der Waals surface area contributed by atoms with Crippen LogP contribution in [-0.2, 0) is 0 Å². The maximum absolute atomic E-state index is 2.42. The fourth-order valence-corrected chi connectivity index (χ4v) is 6.60. The Labute approximate surface area is 246 Å². The highest BCUT2D eigenvalue weighted by molar-refractivity contribution is 6.23. The average molecular weight is 533 g/mol. The van der Waals surface area contributed by atoms with E-state index in [-0.39, 0.29) is 0 Å². The standard InChI is InChI=1S/C42H28/c1-3-14-29(15-4-1)34-21-9-10-22-36(34)42-38-24-12-11-23-37(38)41(31-17-5-2-6-18-31)39-27-26-32(28-40(39)42)35-25-13-19-30-16-7-8-20-33(30)35/h1-28H. The Morgan fingerprint density at radius 2 is 0.762 bits per heavy atom. The van der Waals surface area contributed by atoms with Gasteiger partial charge in [0.15, 0.2) is 0 Å². The molecule has 196 valence electrons. The van der Waals surface area contributed by atoms with Crippen LogP contribution in [0, 0.1) is 0 Å². The van der Waals surface area contributed by atoms with Gasteiger partial charge < -0.3 is 0 Å². The van der Waals surface area contributed by atoms with Crippen molar-refractivity contribution in [1.82, 2.24) is 0 Å². The summed E-state index contributed by atoms with van der Waals surface area (Å²) in [5.74, 6) is 0. The predicted octanol–water partition coefficient (Wildman–Crippen LogP) is 11.8. The van der Waals surface area contributed by atoms with Crippen molar-refractivity contribution in [3.8, 4) is 44.5 Å². The second kappa shape index (κ2) is 10.2. The van der Waals surface area contributed by atoms with Gasteiger partial charge in [0, 0.05) is 0 Å². The van der Waals surface area contributed by atoms with Gasteiger partial charge in [-0.15, -0.1) is 0 Å². The predicted molar refractivity (Wildman–Crippen MR) is 181 cm³/mol. The van der Waals surface area contributed by atoms with E-state index in [1.54, 1.807) is 0 Å². The van der Waals surface area contributed by atoms with Gasteiger partial charge in [0.05, 0.1) is 0 Å². The second-order valence-corrected chi connectivity index (χ2v) is 10.9. The highest BCUT2D eigenvalue weighted by Crippen LogP contribution is 2.47. The molecule has 0 N–H and O–H groups in total. The van der Waals surface area contributed by atoms with E-state index in [9.17, 15) is 0 Å². The molecule has 0 spiro atoms. The first kappa shape index (κ1) is 24.3. The molecular formula is C42H28. The van der Waals surface area contributed by atoms with Gasteiger partial charge in [-0.1, -0.05) is 164 Å². The molecule has 0 aliphatic carbocycles. The number of hydrogen-bond donors (Lipinski definition) is 0. The van der Waals surface area contributed by atoms with Crippen LogP contribution in [0.4, 0.5) is 0 Å². The molecule has 0 saturated carbocycles. The smallest absolute Gasteiger partial charge is 0.00199 e. The van der Waals surface area contributed by atoms with E-state index in [1.807, 2.05) is 0 Å². The van der Waals surface area contributed by atoms with Gasteiger partial charge in [-0.05, 0) is 82.9 Å². The molecular weight excluding hydrogens is 504 g/mol. The molecule has 8 rings (SSSR count). The van der Waals surface area contributed by atoms with Gasteiger partial charge in [-0.3, -0.25) is 0 Å². The summed E-state index contributed by atoms with van der Waals surface area (Å²) in [6.07, 6.45) is 0. The summed E-state index contributed by atoms with van der Waals surface area (Å²) in [5.41, 5.74) is 10.0. The van der Waals surface area contributed by atoms with Gasteiger partial charge in [-0.25, -0.2) is 0 Å². The Kier molecular flexibility index (Phi) is 5.90. The zero-order valence-corrected chi connectivity index (χ0v) is 23.2. The molecule has 0 amide bonds. The van der Waals surface area contributed by atoms with Gasteiger partial charge in [-0.2, -0.15) is 0 Å². The van der Waals surface area contributed by atoms with Crippen molar-refractivity contribution in [2.24, 2.45) is 0 Å². The topological polar surface area (TPSA) is 0 Å². The van der Waals surface area contributed by atoms with E-state index in [2.05, 4.69) is 170 Å². The molecule has 0 radical (unpaired) electrons. The molecule has 0 aliphatic rings. The molecule has 0 heteroatoms. The first-order valence-corrected chi connectivity index (χ1v) is 14.5. The molecule has 0 atom stereocenters. The number of hydrogen-bond acceptors (Lipinski definition) is 0. The zero-order chi connectivity index (χ0) is 27.9. The van der Waals surface area contributed by atoms with E-state index < -0.39 is 0 Å². The molecule has 0 nitrogen and oxygen atoms in total. The number of fused-ring (bicyclic) bond motifs is 3. The molecule has 0 unspecified atom stereocenters. The molecule has 0 bridgehead atoms. The zero-order valence-electron chi connectivity index (χ0n) is 23.2. The normalized spacial score (nSPS) is 11.3. The van der Waals surface area contributed by atoms with Gasteiger partial charge >= 0.3 is 0 Å². The molecule has 42 heavy (non-hydrogen) atoms. The first-order chi connectivity index (χ1) is 20.9. The Bertz CT molecular complexity index is 2220. The van der Waals surface area contributed by atoms with Crippen LogP contribution < -0.4 is 0 Å². The largest absolute Gasteiger partial charge is 0.0622 e. The van der Waals surface area contributed by atoms with E-state index >= 15 is 0 Å². The summed E-state index contributed by atoms with van der Waals surface area (Å²) in [6.45, 7) is 0. The van der Waals surface area contributed by atoms with Crippen molar-refractivity contribution in [2.75, 3.05) is 0 Å². The van der Waals surface area contributed by atoms with E-state index in [0.29, 0.717) is 0 Å². The lowest BCUT2D eigenvalue weighted by Crippen LogP contribution is -1.93. The molecule has 0 aliphatic heterocycles. The van der Waals surface area contributed by atoms with Crippen LogP contribution in [0.3, 0.4) is 0 Å². The van der Waals surface area contributed by atoms with Crippen molar-refractivity contribution in [2.45, 2.75) is 0 Å². The minimum absolute atomic E-state index is 1.22. The molecule has 0 aromatic heterocycles. The molecule has 0 fully saturated rings. The highest BCUT2D eigenvalue weighted by Gasteiger charge is 2.19. The van der Waals surface area contributed by atoms with Crippen LogP contribution in [0.15, 0.2) is 170 Å². The van der Waals surface area contributed by atoms with Crippen molar-refractivity contribution in [3.05, 3.63) is 170 Å². The van der Waals surface area contributed by atoms with Crippen molar-refractivity contribution in [1.29, 1.82) is 0 Å². The SMILES string of the molecule is c1ccc(-c2ccccc2-c2c3ccccc3c(-c3ccccc3)c3ccc(-c4cccc5ccccc45)cc23)cc1.